The molecule has 2 unspecified atom stereocenters. The molecule has 2 aromatic rings. The molecule has 0 aliphatic carbocycles. The molecule has 1 amide bonds. The molecule has 2 heterocycles. The lowest BCUT2D eigenvalue weighted by Gasteiger charge is -2.24. The maximum Gasteiger partial charge on any atom is 0.252 e. The van der Waals surface area contributed by atoms with Crippen LogP contribution in [0.2, 0.25) is 10.0 Å². The standard InChI is InChI=1S/C20H18Cl2N2O4S2/c1-28-14-5-2-12(3-6-14)8-19(25)23-20-24(13-4-7-15(21)16(22)9-13)17-10-30(26,27)11-18(17)29-20/h2-7,9,17-18H,8,10-11H2,1H3. The average molecular weight is 485 g/mol. The van der Waals surface area contributed by atoms with E-state index in [0.717, 1.165) is 5.56 Å². The minimum absolute atomic E-state index is 0.0105. The number of sulfone groups is 1. The third-order valence-electron chi connectivity index (χ3n) is 4.98. The molecule has 10 heteroatoms. The number of hydrogen-bond donors (Lipinski definition) is 0. The quantitative estimate of drug-likeness (QED) is 0.655. The first-order valence-corrected chi connectivity index (χ1v) is 12.6. The molecule has 2 aromatic carbocycles. The van der Waals surface area contributed by atoms with Crippen LogP contribution in [0.15, 0.2) is 47.5 Å². The molecule has 0 bridgehead atoms. The summed E-state index contributed by atoms with van der Waals surface area (Å²) in [6, 6.07) is 12.0. The molecule has 0 saturated carbocycles. The number of thioether (sulfide) groups is 1. The minimum atomic E-state index is -3.15. The summed E-state index contributed by atoms with van der Waals surface area (Å²) in [5.41, 5.74) is 1.48. The van der Waals surface area contributed by atoms with Crippen LogP contribution in [0, 0.1) is 0 Å². The Kier molecular flexibility index (Phi) is 6.03. The van der Waals surface area contributed by atoms with E-state index in [1.54, 1.807) is 42.3 Å². The SMILES string of the molecule is COc1ccc(CC(=O)N=C2SC3CS(=O)(=O)CC3N2c2ccc(Cl)c(Cl)c2)cc1. The van der Waals surface area contributed by atoms with Crippen LogP contribution in [0.1, 0.15) is 5.56 Å². The highest BCUT2D eigenvalue weighted by molar-refractivity contribution is 8.16. The van der Waals surface area contributed by atoms with E-state index < -0.39 is 9.84 Å². The molecule has 30 heavy (non-hydrogen) atoms. The summed E-state index contributed by atoms with van der Waals surface area (Å²) in [6.45, 7) is 0. The van der Waals surface area contributed by atoms with Crippen LogP contribution in [0.4, 0.5) is 5.69 Å². The minimum Gasteiger partial charge on any atom is -0.497 e. The summed E-state index contributed by atoms with van der Waals surface area (Å²) in [6.07, 6.45) is 0.136. The largest absolute Gasteiger partial charge is 0.497 e. The van der Waals surface area contributed by atoms with Gasteiger partial charge in [-0.2, -0.15) is 4.99 Å². The normalized spacial score (nSPS) is 23.6. The van der Waals surface area contributed by atoms with Crippen LogP contribution >= 0.6 is 35.0 Å². The van der Waals surface area contributed by atoms with Crippen LogP contribution in [0.3, 0.4) is 0 Å². The van der Waals surface area contributed by atoms with E-state index in [4.69, 9.17) is 27.9 Å². The third kappa shape index (κ3) is 4.46. The molecule has 2 fully saturated rings. The van der Waals surface area contributed by atoms with Gasteiger partial charge in [0.05, 0.1) is 41.1 Å². The van der Waals surface area contributed by atoms with Gasteiger partial charge in [-0.25, -0.2) is 8.42 Å². The summed E-state index contributed by atoms with van der Waals surface area (Å²) in [4.78, 5) is 18.8. The summed E-state index contributed by atoms with van der Waals surface area (Å²) < 4.78 is 29.5. The highest BCUT2D eigenvalue weighted by Gasteiger charge is 2.49. The number of nitrogens with zero attached hydrogens (tertiary/aromatic N) is 2. The van der Waals surface area contributed by atoms with Crippen molar-refractivity contribution in [2.24, 2.45) is 4.99 Å². The number of hydrogen-bond acceptors (Lipinski definition) is 5. The molecule has 2 aliphatic rings. The molecule has 0 aromatic heterocycles. The molecule has 2 aliphatic heterocycles. The van der Waals surface area contributed by atoms with Crippen molar-refractivity contribution in [3.05, 3.63) is 58.1 Å². The summed E-state index contributed by atoms with van der Waals surface area (Å²) >= 11 is 13.5. The zero-order valence-electron chi connectivity index (χ0n) is 15.9. The summed E-state index contributed by atoms with van der Waals surface area (Å²) in [7, 11) is -1.56. The van der Waals surface area contributed by atoms with Gasteiger partial charge >= 0.3 is 0 Å². The fraction of sp³-hybridized carbons (Fsp3) is 0.300. The highest BCUT2D eigenvalue weighted by atomic mass is 35.5. The van der Waals surface area contributed by atoms with Crippen molar-refractivity contribution in [2.45, 2.75) is 17.7 Å². The maximum atomic E-state index is 12.6. The number of rotatable bonds is 4. The number of fused-ring (bicyclic) bond motifs is 1. The van der Waals surface area contributed by atoms with Crippen LogP contribution in [0.25, 0.3) is 0 Å². The Morgan fingerprint density at radius 1 is 1.17 bits per heavy atom. The van der Waals surface area contributed by atoms with Gasteiger partial charge in [-0.05, 0) is 35.9 Å². The molecular weight excluding hydrogens is 467 g/mol. The predicted octanol–water partition coefficient (Wildman–Crippen LogP) is 3.85. The van der Waals surface area contributed by atoms with Crippen molar-refractivity contribution in [1.29, 1.82) is 0 Å². The first kappa shape index (κ1) is 21.5. The lowest BCUT2D eigenvalue weighted by Crippen LogP contribution is -2.37. The van der Waals surface area contributed by atoms with Crippen LogP contribution in [-0.2, 0) is 21.1 Å². The number of methoxy groups -OCH3 is 1. The van der Waals surface area contributed by atoms with E-state index in [-0.39, 0.29) is 35.1 Å². The first-order valence-electron chi connectivity index (χ1n) is 9.11. The number of anilines is 1. The monoisotopic (exact) mass is 484 g/mol. The molecule has 2 saturated heterocycles. The molecule has 0 N–H and O–H groups in total. The highest BCUT2D eigenvalue weighted by Crippen LogP contribution is 2.42. The molecule has 0 spiro atoms. The van der Waals surface area contributed by atoms with Crippen molar-refractivity contribution in [3.8, 4) is 5.75 Å². The summed E-state index contributed by atoms with van der Waals surface area (Å²) in [5, 5.41) is 1.05. The van der Waals surface area contributed by atoms with Crippen LogP contribution < -0.4 is 9.64 Å². The number of carbonyl (C=O) groups is 1. The van der Waals surface area contributed by atoms with Crippen LogP contribution in [0.5, 0.6) is 5.75 Å². The number of amidine groups is 1. The number of carbonyl (C=O) groups excluding carboxylic acids is 1. The second-order valence-corrected chi connectivity index (χ2v) is 11.3. The zero-order valence-corrected chi connectivity index (χ0v) is 19.1. The van der Waals surface area contributed by atoms with Crippen molar-refractivity contribution in [1.82, 2.24) is 0 Å². The second-order valence-electron chi connectivity index (χ2n) is 7.08. The van der Waals surface area contributed by atoms with Crippen molar-refractivity contribution in [2.75, 3.05) is 23.5 Å². The Morgan fingerprint density at radius 2 is 1.90 bits per heavy atom. The lowest BCUT2D eigenvalue weighted by atomic mass is 10.1. The van der Waals surface area contributed by atoms with Gasteiger partial charge in [-0.1, -0.05) is 47.1 Å². The number of ether oxygens (including phenoxy) is 1. The molecule has 0 radical (unpaired) electrons. The fourth-order valence-electron chi connectivity index (χ4n) is 3.57. The second kappa shape index (κ2) is 8.42. The zero-order chi connectivity index (χ0) is 21.5. The van der Waals surface area contributed by atoms with E-state index in [9.17, 15) is 13.2 Å². The van der Waals surface area contributed by atoms with Gasteiger partial charge in [0.1, 0.15) is 5.75 Å². The molecule has 158 valence electrons. The van der Waals surface area contributed by atoms with Gasteiger partial charge in [-0.3, -0.25) is 4.79 Å². The fourth-order valence-corrected chi connectivity index (χ4v) is 7.79. The molecule has 6 nitrogen and oxygen atoms in total. The van der Waals surface area contributed by atoms with E-state index in [1.165, 1.54) is 11.8 Å². The first-order chi connectivity index (χ1) is 14.3. The average Bonchev–Trinajstić information content (AvgIpc) is 3.15. The Bertz CT molecular complexity index is 1120. The smallest absolute Gasteiger partial charge is 0.252 e. The van der Waals surface area contributed by atoms with Gasteiger partial charge in [0.2, 0.25) is 0 Å². The van der Waals surface area contributed by atoms with Crippen molar-refractivity contribution >= 4 is 61.6 Å². The van der Waals surface area contributed by atoms with E-state index in [2.05, 4.69) is 4.99 Å². The maximum absolute atomic E-state index is 12.6. The summed E-state index contributed by atoms with van der Waals surface area (Å²) in [5.74, 6) is 0.474. The van der Waals surface area contributed by atoms with Gasteiger partial charge in [0.15, 0.2) is 15.0 Å². The molecular formula is C20H18Cl2N2O4S2. The van der Waals surface area contributed by atoms with Gasteiger partial charge in [0, 0.05) is 10.9 Å². The van der Waals surface area contributed by atoms with Crippen LogP contribution in [-0.4, -0.2) is 49.4 Å². The molecule has 2 atom stereocenters. The topological polar surface area (TPSA) is 76.0 Å². The Morgan fingerprint density at radius 3 is 2.57 bits per heavy atom. The number of halogens is 2. The van der Waals surface area contributed by atoms with Gasteiger partial charge < -0.3 is 9.64 Å². The Labute approximate surface area is 189 Å². The van der Waals surface area contributed by atoms with Crippen molar-refractivity contribution in [3.63, 3.8) is 0 Å². The number of amides is 1. The van der Waals surface area contributed by atoms with E-state index in [1.807, 2.05) is 12.1 Å². The Balaban J connectivity index is 1.62. The Hall–Kier alpha value is -1.74. The number of benzene rings is 2. The third-order valence-corrected chi connectivity index (χ3v) is 8.93. The number of aliphatic imine (C=N–C) groups is 1. The van der Waals surface area contributed by atoms with Gasteiger partial charge in [-0.15, -0.1) is 0 Å². The predicted molar refractivity (Wildman–Crippen MR) is 122 cm³/mol. The van der Waals surface area contributed by atoms with E-state index in [0.29, 0.717) is 26.6 Å². The van der Waals surface area contributed by atoms with E-state index >= 15 is 0 Å². The lowest BCUT2D eigenvalue weighted by molar-refractivity contribution is -0.117. The van der Waals surface area contributed by atoms with Crippen molar-refractivity contribution < 1.29 is 17.9 Å². The molecule has 4 rings (SSSR count). The van der Waals surface area contributed by atoms with Gasteiger partial charge in [0.25, 0.3) is 5.91 Å².